The number of hydrogen-bond acceptors (Lipinski definition) is 8. The number of rotatable bonds is 5. The molecule has 2 aromatic rings. The number of anilines is 2. The molecule has 0 aliphatic carbocycles. The maximum absolute atomic E-state index is 12.3. The molecule has 0 spiro atoms. The third kappa shape index (κ3) is 3.68. The molecular weight excluding hydrogens is 326 g/mol. The quantitative estimate of drug-likeness (QED) is 0.847. The number of likely N-dealkylation sites (N-methyl/N-ethyl adjacent to an activating group) is 1. The molecule has 0 bridgehead atoms. The lowest BCUT2D eigenvalue weighted by atomic mass is 10.1. The maximum atomic E-state index is 12.3. The number of carbonyl (C=O) groups is 1. The molecule has 1 saturated heterocycles. The van der Waals surface area contributed by atoms with Crippen molar-refractivity contribution in [3.63, 3.8) is 0 Å². The number of hydrogen-bond donors (Lipinski definition) is 2. The molecule has 24 heavy (non-hydrogen) atoms. The van der Waals surface area contributed by atoms with Gasteiger partial charge in [-0.1, -0.05) is 11.3 Å². The number of nitrogens with zero attached hydrogens (tertiary/aromatic N) is 5. The van der Waals surface area contributed by atoms with Gasteiger partial charge in [0.25, 0.3) is 0 Å². The molecule has 3 heterocycles. The van der Waals surface area contributed by atoms with Gasteiger partial charge in [0.2, 0.25) is 11.0 Å². The van der Waals surface area contributed by atoms with Gasteiger partial charge < -0.3 is 15.5 Å². The Morgan fingerprint density at radius 3 is 2.92 bits per heavy atom. The first-order valence-electron chi connectivity index (χ1n) is 7.93. The molecule has 1 amide bonds. The summed E-state index contributed by atoms with van der Waals surface area (Å²) in [6.07, 6.45) is 1.91. The molecule has 3 rings (SSSR count). The van der Waals surface area contributed by atoms with Crippen LogP contribution in [-0.4, -0.2) is 51.1 Å². The number of carbonyl (C=O) groups excluding carboxylic acids is 1. The Labute approximate surface area is 144 Å². The van der Waals surface area contributed by atoms with Crippen molar-refractivity contribution in [3.05, 3.63) is 22.6 Å². The first kappa shape index (κ1) is 16.7. The van der Waals surface area contributed by atoms with Crippen molar-refractivity contribution in [2.45, 2.75) is 32.7 Å². The zero-order valence-corrected chi connectivity index (χ0v) is 14.9. The van der Waals surface area contributed by atoms with E-state index in [0.717, 1.165) is 30.1 Å². The molecule has 2 aromatic heterocycles. The van der Waals surface area contributed by atoms with Crippen molar-refractivity contribution < 1.29 is 4.79 Å². The minimum absolute atomic E-state index is 0.00394. The highest BCUT2D eigenvalue weighted by Gasteiger charge is 2.31. The summed E-state index contributed by atoms with van der Waals surface area (Å²) in [7, 11) is 1.78. The summed E-state index contributed by atoms with van der Waals surface area (Å²) < 4.78 is 0. The van der Waals surface area contributed by atoms with Crippen molar-refractivity contribution in [2.75, 3.05) is 25.5 Å². The second-order valence-corrected chi connectivity index (χ2v) is 6.93. The highest BCUT2D eigenvalue weighted by molar-refractivity contribution is 7.15. The average molecular weight is 347 g/mol. The molecule has 0 unspecified atom stereocenters. The van der Waals surface area contributed by atoms with Crippen LogP contribution >= 0.6 is 11.3 Å². The van der Waals surface area contributed by atoms with Gasteiger partial charge in [0.15, 0.2) is 0 Å². The Morgan fingerprint density at radius 1 is 1.38 bits per heavy atom. The molecule has 9 heteroatoms. The highest BCUT2D eigenvalue weighted by atomic mass is 32.1. The summed E-state index contributed by atoms with van der Waals surface area (Å²) in [6, 6.07) is 1.91. The van der Waals surface area contributed by atoms with Gasteiger partial charge in [-0.05, 0) is 33.7 Å². The van der Waals surface area contributed by atoms with Gasteiger partial charge >= 0.3 is 0 Å². The average Bonchev–Trinajstić information content (AvgIpc) is 3.16. The molecule has 8 nitrogen and oxygen atoms in total. The Morgan fingerprint density at radius 2 is 2.21 bits per heavy atom. The van der Waals surface area contributed by atoms with E-state index in [0.29, 0.717) is 23.3 Å². The lowest BCUT2D eigenvalue weighted by molar-refractivity contribution is -0.131. The van der Waals surface area contributed by atoms with E-state index in [-0.39, 0.29) is 11.9 Å². The maximum Gasteiger partial charge on any atom is 0.237 e. The number of likely N-dealkylation sites (tertiary alicyclic amines) is 1. The molecule has 128 valence electrons. The first-order chi connectivity index (χ1) is 11.6. The van der Waals surface area contributed by atoms with Gasteiger partial charge in [-0.15, -0.1) is 10.2 Å². The summed E-state index contributed by atoms with van der Waals surface area (Å²) in [4.78, 5) is 23.2. The van der Waals surface area contributed by atoms with Crippen molar-refractivity contribution in [1.29, 1.82) is 0 Å². The molecule has 2 N–H and O–H groups in total. The Balaban J connectivity index is 1.83. The van der Waals surface area contributed by atoms with E-state index in [1.807, 2.05) is 24.8 Å². The predicted molar refractivity (Wildman–Crippen MR) is 92.3 cm³/mol. The smallest absolute Gasteiger partial charge is 0.237 e. The van der Waals surface area contributed by atoms with E-state index in [4.69, 9.17) is 0 Å². The zero-order chi connectivity index (χ0) is 17.1. The predicted octanol–water partition coefficient (Wildman–Crippen LogP) is 1.57. The fourth-order valence-electron chi connectivity index (χ4n) is 2.91. The van der Waals surface area contributed by atoms with Crippen LogP contribution in [0.25, 0.3) is 0 Å². The lowest BCUT2D eigenvalue weighted by Gasteiger charge is -2.24. The fraction of sp³-hybridized carbons (Fsp3) is 0.533. The summed E-state index contributed by atoms with van der Waals surface area (Å²) in [5.41, 5.74) is 0.869. The van der Waals surface area contributed by atoms with Crippen LogP contribution in [0.5, 0.6) is 0 Å². The molecule has 0 aromatic carbocycles. The zero-order valence-electron chi connectivity index (χ0n) is 14.0. The van der Waals surface area contributed by atoms with Gasteiger partial charge in [0.1, 0.15) is 16.6 Å². The molecule has 0 saturated carbocycles. The van der Waals surface area contributed by atoms with Crippen LogP contribution in [0.15, 0.2) is 6.07 Å². The summed E-state index contributed by atoms with van der Waals surface area (Å²) in [5, 5.41) is 15.7. The lowest BCUT2D eigenvalue weighted by Crippen LogP contribution is -2.37. The van der Waals surface area contributed by atoms with E-state index in [1.165, 1.54) is 11.3 Å². The second-order valence-electron chi connectivity index (χ2n) is 5.75. The van der Waals surface area contributed by atoms with Gasteiger partial charge in [-0.3, -0.25) is 4.79 Å². The van der Waals surface area contributed by atoms with E-state index in [2.05, 4.69) is 30.8 Å². The van der Waals surface area contributed by atoms with Crippen LogP contribution in [0.4, 0.5) is 10.9 Å². The van der Waals surface area contributed by atoms with Crippen LogP contribution in [-0.2, 0) is 4.79 Å². The largest absolute Gasteiger partial charge is 0.333 e. The van der Waals surface area contributed by atoms with E-state index < -0.39 is 0 Å². The molecule has 1 aliphatic rings. The van der Waals surface area contributed by atoms with Crippen LogP contribution in [0.3, 0.4) is 0 Å². The molecule has 1 aliphatic heterocycles. The van der Waals surface area contributed by atoms with Crippen LogP contribution in [0, 0.1) is 13.8 Å². The van der Waals surface area contributed by atoms with Crippen molar-refractivity contribution in [2.24, 2.45) is 0 Å². The van der Waals surface area contributed by atoms with Crippen LogP contribution < -0.4 is 10.6 Å². The Bertz CT molecular complexity index is 732. The van der Waals surface area contributed by atoms with Gasteiger partial charge in [0.05, 0.1) is 18.3 Å². The molecule has 0 radical (unpaired) electrons. The SMILES string of the molecule is CNCC(=O)N1CCC[C@@H]1c1cc(Nc2nnc(C)s2)nc(C)n1. The molecule has 1 fully saturated rings. The summed E-state index contributed by atoms with van der Waals surface area (Å²) in [6.45, 7) is 4.88. The normalized spacial score (nSPS) is 17.3. The van der Waals surface area contributed by atoms with Crippen LogP contribution in [0.1, 0.15) is 35.4 Å². The van der Waals surface area contributed by atoms with E-state index in [1.54, 1.807) is 7.05 Å². The Kier molecular flexibility index (Phi) is 5.00. The molecular formula is C15H21N7OS. The Hall–Kier alpha value is -2.13. The van der Waals surface area contributed by atoms with Crippen molar-refractivity contribution >= 4 is 28.2 Å². The minimum Gasteiger partial charge on any atom is -0.333 e. The standard InChI is InChI=1S/C15H21N7OS/c1-9-17-11(12-5-4-6-22(12)14(23)8-16-3)7-13(18-9)19-15-21-20-10(2)24-15/h7,12,16H,4-6,8H2,1-3H3,(H,17,18,19,21)/t12-/m1/s1. The third-order valence-corrected chi connectivity index (χ3v) is 4.62. The van der Waals surface area contributed by atoms with E-state index >= 15 is 0 Å². The second kappa shape index (κ2) is 7.18. The van der Waals surface area contributed by atoms with Crippen LogP contribution in [0.2, 0.25) is 0 Å². The van der Waals surface area contributed by atoms with Gasteiger partial charge in [-0.2, -0.15) is 0 Å². The number of aryl methyl sites for hydroxylation is 2. The molecule has 1 atom stereocenters. The third-order valence-electron chi connectivity index (χ3n) is 3.86. The number of aromatic nitrogens is 4. The monoisotopic (exact) mass is 347 g/mol. The van der Waals surface area contributed by atoms with Gasteiger partial charge in [0, 0.05) is 12.6 Å². The topological polar surface area (TPSA) is 95.9 Å². The fourth-order valence-corrected chi connectivity index (χ4v) is 3.51. The number of amides is 1. The minimum atomic E-state index is 0.00394. The van der Waals surface area contributed by atoms with E-state index in [9.17, 15) is 4.79 Å². The summed E-state index contributed by atoms with van der Waals surface area (Å²) >= 11 is 1.47. The number of nitrogens with one attached hydrogen (secondary N) is 2. The summed E-state index contributed by atoms with van der Waals surface area (Å²) in [5.74, 6) is 1.45. The first-order valence-corrected chi connectivity index (χ1v) is 8.75. The highest BCUT2D eigenvalue weighted by Crippen LogP contribution is 2.32. The van der Waals surface area contributed by atoms with Gasteiger partial charge in [-0.25, -0.2) is 9.97 Å². The van der Waals surface area contributed by atoms with Crippen molar-refractivity contribution in [3.8, 4) is 0 Å². The van der Waals surface area contributed by atoms with Crippen molar-refractivity contribution in [1.82, 2.24) is 30.4 Å².